The molecular weight excluding hydrogens is 380 g/mol. The molecule has 7 nitrogen and oxygen atoms in total. The summed E-state index contributed by atoms with van der Waals surface area (Å²) in [6.07, 6.45) is 0. The van der Waals surface area contributed by atoms with Crippen molar-refractivity contribution in [1.82, 2.24) is 10.2 Å². The summed E-state index contributed by atoms with van der Waals surface area (Å²) in [4.78, 5) is 24.0. The fraction of sp³-hybridized carbons (Fsp3) is 0.100. The molecule has 0 aliphatic carbocycles. The lowest BCUT2D eigenvalue weighted by atomic mass is 10.2. The molecule has 28 heavy (non-hydrogen) atoms. The first-order valence-corrected chi connectivity index (χ1v) is 8.70. The highest BCUT2D eigenvalue weighted by Gasteiger charge is 2.14. The Balaban J connectivity index is 1.71. The lowest BCUT2D eigenvalue weighted by Crippen LogP contribution is -2.15. The number of carbonyl (C=O) groups excluding carboxylic acids is 2. The second-order valence-electron chi connectivity index (χ2n) is 5.94. The van der Waals surface area contributed by atoms with E-state index in [0.29, 0.717) is 5.82 Å². The van der Waals surface area contributed by atoms with Gasteiger partial charge in [0.1, 0.15) is 0 Å². The maximum absolute atomic E-state index is 12.4. The van der Waals surface area contributed by atoms with Crippen LogP contribution in [0.25, 0.3) is 0 Å². The summed E-state index contributed by atoms with van der Waals surface area (Å²) >= 11 is 6.09. The standard InChI is InChI=1S/C20H17ClN4O3/c1-12-3-6-14(7-4-12)22-18-10-9-16(24-25-18)19(26)23-17-11-13(20(27)28-2)5-8-15(17)21/h3-11H,1-2H3,(H,22,25)(H,23,26). The fourth-order valence-electron chi connectivity index (χ4n) is 2.36. The lowest BCUT2D eigenvalue weighted by molar-refractivity contribution is 0.0600. The zero-order valence-electron chi connectivity index (χ0n) is 15.2. The molecule has 2 aromatic carbocycles. The average molecular weight is 397 g/mol. The van der Waals surface area contributed by atoms with Gasteiger partial charge < -0.3 is 15.4 Å². The van der Waals surface area contributed by atoms with Crippen molar-refractivity contribution in [3.8, 4) is 0 Å². The van der Waals surface area contributed by atoms with E-state index in [1.807, 2.05) is 31.2 Å². The highest BCUT2D eigenvalue weighted by Crippen LogP contribution is 2.24. The normalized spacial score (nSPS) is 10.2. The number of halogens is 1. The van der Waals surface area contributed by atoms with E-state index in [1.54, 1.807) is 6.07 Å². The number of rotatable bonds is 5. The van der Waals surface area contributed by atoms with Crippen LogP contribution in [0.2, 0.25) is 5.02 Å². The minimum atomic E-state index is -0.529. The van der Waals surface area contributed by atoms with E-state index in [0.717, 1.165) is 11.3 Å². The van der Waals surface area contributed by atoms with Gasteiger partial charge >= 0.3 is 5.97 Å². The van der Waals surface area contributed by atoms with Gasteiger partial charge in [0.2, 0.25) is 0 Å². The number of esters is 1. The number of hydrogen-bond donors (Lipinski definition) is 2. The van der Waals surface area contributed by atoms with Crippen molar-refractivity contribution in [1.29, 1.82) is 0 Å². The Morgan fingerprint density at radius 1 is 1.00 bits per heavy atom. The molecule has 3 aromatic rings. The molecule has 0 saturated heterocycles. The molecule has 3 rings (SSSR count). The monoisotopic (exact) mass is 396 g/mol. The van der Waals surface area contributed by atoms with E-state index in [1.165, 1.54) is 31.4 Å². The lowest BCUT2D eigenvalue weighted by Gasteiger charge is -2.09. The van der Waals surface area contributed by atoms with Crippen LogP contribution >= 0.6 is 11.6 Å². The summed E-state index contributed by atoms with van der Waals surface area (Å²) in [5.41, 5.74) is 2.67. The van der Waals surface area contributed by atoms with Crippen molar-refractivity contribution in [2.45, 2.75) is 6.92 Å². The van der Waals surface area contributed by atoms with Crippen molar-refractivity contribution in [2.24, 2.45) is 0 Å². The fourth-order valence-corrected chi connectivity index (χ4v) is 2.52. The summed E-state index contributed by atoms with van der Waals surface area (Å²) in [7, 11) is 1.27. The van der Waals surface area contributed by atoms with E-state index in [4.69, 9.17) is 11.6 Å². The predicted molar refractivity (Wildman–Crippen MR) is 107 cm³/mol. The molecule has 1 heterocycles. The first-order valence-electron chi connectivity index (χ1n) is 8.33. The number of nitrogens with zero attached hydrogens (tertiary/aromatic N) is 2. The van der Waals surface area contributed by atoms with Crippen LogP contribution in [0.3, 0.4) is 0 Å². The highest BCUT2D eigenvalue weighted by atomic mass is 35.5. The van der Waals surface area contributed by atoms with Gasteiger partial charge in [0, 0.05) is 5.69 Å². The molecule has 0 bridgehead atoms. The molecule has 0 spiro atoms. The van der Waals surface area contributed by atoms with E-state index in [2.05, 4.69) is 25.6 Å². The van der Waals surface area contributed by atoms with Crippen molar-refractivity contribution < 1.29 is 14.3 Å². The van der Waals surface area contributed by atoms with Crippen molar-refractivity contribution in [2.75, 3.05) is 17.7 Å². The first kappa shape index (κ1) is 19.3. The maximum atomic E-state index is 12.4. The van der Waals surface area contributed by atoms with Crippen LogP contribution in [-0.2, 0) is 4.74 Å². The third kappa shape index (κ3) is 4.63. The van der Waals surface area contributed by atoms with Gasteiger partial charge in [-0.2, -0.15) is 0 Å². The maximum Gasteiger partial charge on any atom is 0.337 e. The molecule has 8 heteroatoms. The molecule has 1 aromatic heterocycles. The molecule has 0 saturated carbocycles. The van der Waals surface area contributed by atoms with Gasteiger partial charge in [0.15, 0.2) is 11.5 Å². The number of nitrogens with one attached hydrogen (secondary N) is 2. The Hall–Kier alpha value is -3.45. The molecule has 0 radical (unpaired) electrons. The SMILES string of the molecule is COC(=O)c1ccc(Cl)c(NC(=O)c2ccc(Nc3ccc(C)cc3)nn2)c1. The predicted octanol–water partition coefficient (Wildman–Crippen LogP) is 4.22. The Bertz CT molecular complexity index is 1000. The van der Waals surface area contributed by atoms with Gasteiger partial charge in [0.25, 0.3) is 5.91 Å². The number of anilines is 3. The summed E-state index contributed by atoms with van der Waals surface area (Å²) in [6.45, 7) is 2.00. The molecule has 142 valence electrons. The van der Waals surface area contributed by atoms with Crippen LogP contribution in [0.1, 0.15) is 26.4 Å². The van der Waals surface area contributed by atoms with E-state index < -0.39 is 11.9 Å². The number of aromatic nitrogens is 2. The third-order valence-electron chi connectivity index (χ3n) is 3.86. The first-order chi connectivity index (χ1) is 13.5. The number of amides is 1. The van der Waals surface area contributed by atoms with E-state index in [9.17, 15) is 9.59 Å². The Morgan fingerprint density at radius 2 is 1.75 bits per heavy atom. The van der Waals surface area contributed by atoms with E-state index >= 15 is 0 Å². The summed E-state index contributed by atoms with van der Waals surface area (Å²) in [6, 6.07) is 15.4. The number of methoxy groups -OCH3 is 1. The number of ether oxygens (including phenoxy) is 1. The number of carbonyl (C=O) groups is 2. The molecule has 0 fully saturated rings. The van der Waals surface area contributed by atoms with Gasteiger partial charge in [0.05, 0.1) is 23.4 Å². The quantitative estimate of drug-likeness (QED) is 0.627. The number of benzene rings is 2. The Kier molecular flexibility index (Phi) is 5.86. The van der Waals surface area contributed by atoms with Gasteiger partial charge in [-0.05, 0) is 49.4 Å². The van der Waals surface area contributed by atoms with Crippen LogP contribution in [0.4, 0.5) is 17.2 Å². The Labute approximate surface area is 166 Å². The zero-order valence-corrected chi connectivity index (χ0v) is 15.9. The van der Waals surface area contributed by atoms with Crippen LogP contribution in [0.5, 0.6) is 0 Å². The van der Waals surface area contributed by atoms with Gasteiger partial charge in [-0.3, -0.25) is 4.79 Å². The second-order valence-corrected chi connectivity index (χ2v) is 6.34. The molecule has 0 atom stereocenters. The third-order valence-corrected chi connectivity index (χ3v) is 4.19. The van der Waals surface area contributed by atoms with Crippen LogP contribution < -0.4 is 10.6 Å². The molecule has 0 unspecified atom stereocenters. The van der Waals surface area contributed by atoms with Crippen molar-refractivity contribution in [3.63, 3.8) is 0 Å². The topological polar surface area (TPSA) is 93.2 Å². The smallest absolute Gasteiger partial charge is 0.337 e. The summed E-state index contributed by atoms with van der Waals surface area (Å²) < 4.78 is 4.67. The average Bonchev–Trinajstić information content (AvgIpc) is 2.71. The largest absolute Gasteiger partial charge is 0.465 e. The molecule has 1 amide bonds. The summed E-state index contributed by atoms with van der Waals surface area (Å²) in [5.74, 6) is -0.525. The van der Waals surface area contributed by atoms with Gasteiger partial charge in [-0.25, -0.2) is 4.79 Å². The Morgan fingerprint density at radius 3 is 2.39 bits per heavy atom. The second kappa shape index (κ2) is 8.49. The van der Waals surface area contributed by atoms with Crippen LogP contribution in [0.15, 0.2) is 54.6 Å². The minimum absolute atomic E-state index is 0.106. The van der Waals surface area contributed by atoms with Crippen molar-refractivity contribution >= 4 is 40.7 Å². The summed E-state index contributed by atoms with van der Waals surface area (Å²) in [5, 5.41) is 14.0. The van der Waals surface area contributed by atoms with Gasteiger partial charge in [-0.1, -0.05) is 29.3 Å². The van der Waals surface area contributed by atoms with E-state index in [-0.39, 0.29) is 22.0 Å². The highest BCUT2D eigenvalue weighted by molar-refractivity contribution is 6.34. The number of aryl methyl sites for hydroxylation is 1. The number of hydrogen-bond acceptors (Lipinski definition) is 6. The molecular formula is C20H17ClN4O3. The molecule has 0 aliphatic heterocycles. The van der Waals surface area contributed by atoms with Crippen LogP contribution in [0, 0.1) is 6.92 Å². The van der Waals surface area contributed by atoms with Crippen molar-refractivity contribution in [3.05, 3.63) is 76.4 Å². The molecule has 0 aliphatic rings. The minimum Gasteiger partial charge on any atom is -0.465 e. The zero-order chi connectivity index (χ0) is 20.1. The molecule has 2 N–H and O–H groups in total. The van der Waals surface area contributed by atoms with Gasteiger partial charge in [-0.15, -0.1) is 10.2 Å². The van der Waals surface area contributed by atoms with Crippen LogP contribution in [-0.4, -0.2) is 29.2 Å².